The minimum absolute atomic E-state index is 0.384. The Morgan fingerprint density at radius 2 is 1.59 bits per heavy atom. The zero-order valence-corrected chi connectivity index (χ0v) is 21.6. The predicted molar refractivity (Wildman–Crippen MR) is 131 cm³/mol. The molecular weight excluding hydrogens is 520 g/mol. The highest BCUT2D eigenvalue weighted by Crippen LogP contribution is 2.38. The molecule has 0 spiro atoms. The highest BCUT2D eigenvalue weighted by atomic mass is 16.7. The Morgan fingerprint density at radius 3 is 2.33 bits per heavy atom. The van der Waals surface area contributed by atoms with Gasteiger partial charge in [0.15, 0.2) is 12.6 Å². The van der Waals surface area contributed by atoms with Crippen LogP contribution in [0.3, 0.4) is 0 Å². The Hall–Kier alpha value is -2.17. The summed E-state index contributed by atoms with van der Waals surface area (Å²) in [6, 6.07) is 6.50. The molecule has 0 bridgehead atoms. The van der Waals surface area contributed by atoms with Gasteiger partial charge in [0.1, 0.15) is 65.8 Å². The number of fused-ring (bicyclic) bond motifs is 2. The third kappa shape index (κ3) is 5.44. The maximum atomic E-state index is 11.6. The molecule has 6 N–H and O–H groups in total. The molecule has 5 rings (SSSR count). The lowest BCUT2D eigenvalue weighted by Crippen LogP contribution is -2.62. The highest BCUT2D eigenvalue weighted by Gasteiger charge is 2.49. The molecule has 2 aromatic rings. The summed E-state index contributed by atoms with van der Waals surface area (Å²) in [5.41, 5.74) is -0.285. The van der Waals surface area contributed by atoms with Gasteiger partial charge < -0.3 is 58.7 Å². The topological polar surface area (TPSA) is 198 Å². The van der Waals surface area contributed by atoms with E-state index in [1.807, 2.05) is 6.07 Å². The summed E-state index contributed by atoms with van der Waals surface area (Å²) in [5.74, 6) is 0.526. The van der Waals surface area contributed by atoms with E-state index in [1.54, 1.807) is 26.0 Å². The van der Waals surface area contributed by atoms with Crippen molar-refractivity contribution in [3.05, 3.63) is 40.2 Å². The first-order valence-corrected chi connectivity index (χ1v) is 12.8. The third-order valence-corrected chi connectivity index (χ3v) is 7.57. The number of hydrogen-bond donors (Lipinski definition) is 6. The zero-order valence-electron chi connectivity index (χ0n) is 21.6. The first kappa shape index (κ1) is 28.4. The Bertz CT molecular complexity index is 1230. The molecule has 2 saturated heterocycles. The molecule has 0 radical (unpaired) electrons. The summed E-state index contributed by atoms with van der Waals surface area (Å²) in [6.07, 6.45) is -14.1. The van der Waals surface area contributed by atoms with Crippen molar-refractivity contribution in [2.45, 2.75) is 100 Å². The van der Waals surface area contributed by atoms with E-state index in [0.717, 1.165) is 10.9 Å². The molecule has 1 aromatic carbocycles. The number of ether oxygens (including phenoxy) is 5. The molecule has 13 heteroatoms. The van der Waals surface area contributed by atoms with Gasteiger partial charge in [-0.2, -0.15) is 0 Å². The second-order valence-electron chi connectivity index (χ2n) is 10.8. The lowest BCUT2D eigenvalue weighted by molar-refractivity contribution is -0.344. The molecule has 4 heterocycles. The smallest absolute Gasteiger partial charge is 0.336 e. The van der Waals surface area contributed by atoms with Gasteiger partial charge in [-0.05, 0) is 38.5 Å². The van der Waals surface area contributed by atoms with Crippen molar-refractivity contribution in [3.8, 4) is 5.75 Å². The molecule has 2 fully saturated rings. The van der Waals surface area contributed by atoms with Crippen molar-refractivity contribution in [1.29, 1.82) is 0 Å². The Balaban J connectivity index is 1.25. The van der Waals surface area contributed by atoms with Gasteiger partial charge in [-0.15, -0.1) is 0 Å². The fraction of sp³-hybridized carbons (Fsp3) is 0.654. The summed E-state index contributed by atoms with van der Waals surface area (Å²) in [6.45, 7) is 4.55. The van der Waals surface area contributed by atoms with Crippen molar-refractivity contribution < 1.29 is 58.7 Å². The van der Waals surface area contributed by atoms with E-state index in [-0.39, 0.29) is 0 Å². The fourth-order valence-corrected chi connectivity index (χ4v) is 5.06. The normalized spacial score (nSPS) is 38.9. The van der Waals surface area contributed by atoms with Gasteiger partial charge in [-0.3, -0.25) is 0 Å². The van der Waals surface area contributed by atoms with Crippen LogP contribution in [0, 0.1) is 0 Å². The van der Waals surface area contributed by atoms with Crippen LogP contribution in [0.1, 0.15) is 26.3 Å². The van der Waals surface area contributed by atoms with Crippen molar-refractivity contribution >= 4 is 11.0 Å². The average molecular weight is 555 g/mol. The molecule has 39 heavy (non-hydrogen) atoms. The lowest BCUT2D eigenvalue weighted by Gasteiger charge is -2.44. The van der Waals surface area contributed by atoms with Crippen LogP contribution >= 0.6 is 0 Å². The van der Waals surface area contributed by atoms with Crippen LogP contribution in [0.2, 0.25) is 0 Å². The number of benzene rings is 1. The van der Waals surface area contributed by atoms with Crippen LogP contribution in [-0.2, 0) is 25.4 Å². The van der Waals surface area contributed by atoms with Crippen LogP contribution in [0.15, 0.2) is 33.5 Å². The zero-order chi connectivity index (χ0) is 28.2. The van der Waals surface area contributed by atoms with E-state index >= 15 is 0 Å². The number of rotatable bonds is 6. The molecule has 3 aliphatic rings. The monoisotopic (exact) mass is 554 g/mol. The number of hydrogen-bond acceptors (Lipinski definition) is 13. The van der Waals surface area contributed by atoms with Gasteiger partial charge in [0.25, 0.3) is 0 Å². The van der Waals surface area contributed by atoms with E-state index in [2.05, 4.69) is 0 Å². The second kappa shape index (κ2) is 10.7. The summed E-state index contributed by atoms with van der Waals surface area (Å²) in [7, 11) is 0. The van der Waals surface area contributed by atoms with Crippen LogP contribution in [0.4, 0.5) is 0 Å². The largest absolute Gasteiger partial charge is 0.487 e. The summed E-state index contributed by atoms with van der Waals surface area (Å²) >= 11 is 0. The predicted octanol–water partition coefficient (Wildman–Crippen LogP) is -1.46. The van der Waals surface area contributed by atoms with E-state index in [9.17, 15) is 35.4 Å². The Morgan fingerprint density at radius 1 is 0.897 bits per heavy atom. The summed E-state index contributed by atoms with van der Waals surface area (Å²) in [5, 5.41) is 62.4. The van der Waals surface area contributed by atoms with Crippen molar-refractivity contribution in [3.63, 3.8) is 0 Å². The van der Waals surface area contributed by atoms with Gasteiger partial charge in [-0.25, -0.2) is 4.79 Å². The molecule has 0 amide bonds. The van der Waals surface area contributed by atoms with Gasteiger partial charge in [0.05, 0.1) is 12.7 Å². The van der Waals surface area contributed by atoms with Crippen LogP contribution in [-0.4, -0.2) is 110 Å². The maximum absolute atomic E-state index is 11.6. The third-order valence-electron chi connectivity index (χ3n) is 7.57. The van der Waals surface area contributed by atoms with E-state index in [0.29, 0.717) is 17.8 Å². The van der Waals surface area contributed by atoms with Crippen molar-refractivity contribution in [2.24, 2.45) is 0 Å². The molecule has 0 aliphatic carbocycles. The molecule has 3 aliphatic heterocycles. The molecule has 1 aromatic heterocycles. The van der Waals surface area contributed by atoms with Crippen LogP contribution in [0.25, 0.3) is 11.0 Å². The quantitative estimate of drug-likeness (QED) is 0.227. The van der Waals surface area contributed by atoms with Crippen molar-refractivity contribution in [2.75, 3.05) is 6.61 Å². The fourth-order valence-electron chi connectivity index (χ4n) is 5.06. The first-order chi connectivity index (χ1) is 18.4. The molecule has 13 nitrogen and oxygen atoms in total. The first-order valence-electron chi connectivity index (χ1n) is 12.8. The van der Waals surface area contributed by atoms with E-state index in [4.69, 9.17) is 28.1 Å². The Labute approximate surface area is 223 Å². The SMILES string of the molecule is C[C@H]1O[C@H](OC[C@H]2O[C@@H](OC(C)(C)[C@@H]3Cc4cc5ccc(=O)oc5cc4O3)[C@H](O)[C@@H](O)[C@@H]2O)[C@@H](O)[C@@H](O)[C@@H]1O. The minimum Gasteiger partial charge on any atom is -0.487 e. The average Bonchev–Trinajstić information content (AvgIpc) is 3.32. The minimum atomic E-state index is -1.65. The molecule has 216 valence electrons. The molecule has 0 saturated carbocycles. The second-order valence-corrected chi connectivity index (χ2v) is 10.8. The summed E-state index contributed by atoms with van der Waals surface area (Å²) < 4.78 is 34.1. The van der Waals surface area contributed by atoms with Gasteiger partial charge in [0, 0.05) is 23.9 Å². The molecule has 0 unspecified atom stereocenters. The van der Waals surface area contributed by atoms with E-state index < -0.39 is 85.3 Å². The van der Waals surface area contributed by atoms with Crippen LogP contribution in [0.5, 0.6) is 5.75 Å². The number of aliphatic hydroxyl groups excluding tert-OH is 6. The van der Waals surface area contributed by atoms with Crippen LogP contribution < -0.4 is 10.4 Å². The highest BCUT2D eigenvalue weighted by molar-refractivity contribution is 5.79. The number of aliphatic hydroxyl groups is 6. The molecular formula is C26H34O13. The van der Waals surface area contributed by atoms with Crippen molar-refractivity contribution in [1.82, 2.24) is 0 Å². The Kier molecular flexibility index (Phi) is 7.76. The molecule has 11 atom stereocenters. The van der Waals surface area contributed by atoms with Gasteiger partial charge >= 0.3 is 5.63 Å². The lowest BCUT2D eigenvalue weighted by atomic mass is 9.95. The van der Waals surface area contributed by atoms with E-state index in [1.165, 1.54) is 13.0 Å². The summed E-state index contributed by atoms with van der Waals surface area (Å²) in [4.78, 5) is 11.6. The van der Waals surface area contributed by atoms with Gasteiger partial charge in [0.2, 0.25) is 0 Å². The maximum Gasteiger partial charge on any atom is 0.336 e. The standard InChI is InChI=1S/C26H34O13/c1-10-18(28)20(30)22(32)24(35-10)34-9-15-19(29)21(31)23(33)25(38-15)39-26(2,3)16-7-12-6-11-4-5-17(27)37-13(11)8-14(12)36-16/h4-6,8,10,15-16,18-25,28-33H,7,9H2,1-3H3/t10-,15-,16+,18-,19-,20+,21+,22+,23-,24+,25+/m1/s1. The van der Waals surface area contributed by atoms with Gasteiger partial charge in [-0.1, -0.05) is 0 Å².